The van der Waals surface area contributed by atoms with Gasteiger partial charge in [-0.15, -0.1) is 0 Å². The van der Waals surface area contributed by atoms with Crippen LogP contribution in [-0.2, 0) is 9.47 Å². The van der Waals surface area contributed by atoms with Gasteiger partial charge in [0.2, 0.25) is 0 Å². The monoisotopic (exact) mass is 401 g/mol. The Hall–Kier alpha value is -0.200. The van der Waals surface area contributed by atoms with Crippen LogP contribution in [0.25, 0.3) is 0 Å². The molecule has 170 valence electrons. The van der Waals surface area contributed by atoms with Crippen LogP contribution < -0.4 is 0 Å². The van der Waals surface area contributed by atoms with Gasteiger partial charge in [-0.3, -0.25) is 4.90 Å². The molecule has 1 saturated carbocycles. The number of piperazine rings is 1. The SMILES string of the molecule is CC.CC.CC.COC1CC(OC2CCN(CCN3CCN(C)CC3)CC2)C1. The number of piperidine rings is 1. The summed E-state index contributed by atoms with van der Waals surface area (Å²) in [6.45, 7) is 21.8. The highest BCUT2D eigenvalue weighted by Gasteiger charge is 2.32. The topological polar surface area (TPSA) is 28.2 Å². The Morgan fingerprint density at radius 1 is 0.643 bits per heavy atom. The third kappa shape index (κ3) is 10.5. The summed E-state index contributed by atoms with van der Waals surface area (Å²) >= 11 is 0. The van der Waals surface area contributed by atoms with E-state index in [4.69, 9.17) is 9.47 Å². The Morgan fingerprint density at radius 3 is 1.57 bits per heavy atom. The molecule has 0 aromatic heterocycles. The second-order valence-corrected chi connectivity index (χ2v) is 7.27. The Kier molecular flexibility index (Phi) is 17.5. The maximum absolute atomic E-state index is 6.19. The van der Waals surface area contributed by atoms with Gasteiger partial charge in [-0.2, -0.15) is 0 Å². The maximum Gasteiger partial charge on any atom is 0.0628 e. The summed E-state index contributed by atoms with van der Waals surface area (Å²) in [5.74, 6) is 0. The van der Waals surface area contributed by atoms with E-state index in [9.17, 15) is 0 Å². The molecule has 0 atom stereocenters. The first-order valence-electron chi connectivity index (χ1n) is 12.0. The van der Waals surface area contributed by atoms with Crippen LogP contribution in [0.1, 0.15) is 67.2 Å². The van der Waals surface area contributed by atoms with Crippen molar-refractivity contribution >= 4 is 0 Å². The number of nitrogens with zero attached hydrogens (tertiary/aromatic N) is 3. The van der Waals surface area contributed by atoms with Gasteiger partial charge in [-0.25, -0.2) is 0 Å². The molecule has 5 nitrogen and oxygen atoms in total. The highest BCUT2D eigenvalue weighted by molar-refractivity contribution is 4.83. The van der Waals surface area contributed by atoms with Crippen LogP contribution in [-0.4, -0.2) is 99.5 Å². The first-order valence-corrected chi connectivity index (χ1v) is 12.0. The molecule has 3 rings (SSSR count). The summed E-state index contributed by atoms with van der Waals surface area (Å²) in [5.41, 5.74) is 0. The fraction of sp³-hybridized carbons (Fsp3) is 1.00. The van der Waals surface area contributed by atoms with Crippen LogP contribution in [0.15, 0.2) is 0 Å². The molecule has 5 heteroatoms. The fourth-order valence-electron chi connectivity index (χ4n) is 3.72. The molecular weight excluding hydrogens is 350 g/mol. The predicted octanol–water partition coefficient (Wildman–Crippen LogP) is 3.97. The molecule has 0 amide bonds. The van der Waals surface area contributed by atoms with Gasteiger partial charge in [0.1, 0.15) is 0 Å². The van der Waals surface area contributed by atoms with Crippen molar-refractivity contribution in [1.29, 1.82) is 0 Å². The van der Waals surface area contributed by atoms with Crippen LogP contribution in [0.4, 0.5) is 0 Å². The molecule has 3 aliphatic rings. The van der Waals surface area contributed by atoms with E-state index in [0.29, 0.717) is 18.3 Å². The molecule has 0 bridgehead atoms. The van der Waals surface area contributed by atoms with Gasteiger partial charge in [-0.1, -0.05) is 41.5 Å². The molecule has 2 heterocycles. The Labute approximate surface area is 176 Å². The maximum atomic E-state index is 6.19. The smallest absolute Gasteiger partial charge is 0.0628 e. The van der Waals surface area contributed by atoms with Crippen LogP contribution in [0.5, 0.6) is 0 Å². The van der Waals surface area contributed by atoms with Crippen molar-refractivity contribution in [3.8, 4) is 0 Å². The summed E-state index contributed by atoms with van der Waals surface area (Å²) in [6, 6.07) is 0. The van der Waals surface area contributed by atoms with Gasteiger partial charge >= 0.3 is 0 Å². The number of rotatable bonds is 6. The van der Waals surface area contributed by atoms with Gasteiger partial charge in [0, 0.05) is 59.5 Å². The van der Waals surface area contributed by atoms with E-state index in [-0.39, 0.29) is 0 Å². The number of ether oxygens (including phenoxy) is 2. The standard InChI is InChI=1S/C17H33N3O2.3C2H6/c1-18-7-9-20(10-8-18)12-11-19-5-3-15(4-6-19)22-17-13-16(14-17)21-2;3*1-2/h15-17H,3-14H2,1-2H3;3*1-2H3. The number of likely N-dealkylation sites (N-methyl/N-ethyl adjacent to an activating group) is 1. The third-order valence-electron chi connectivity index (χ3n) is 5.63. The summed E-state index contributed by atoms with van der Waals surface area (Å²) in [4.78, 5) is 7.66. The van der Waals surface area contributed by atoms with E-state index in [1.807, 2.05) is 41.5 Å². The zero-order valence-electron chi connectivity index (χ0n) is 20.4. The number of hydrogen-bond acceptors (Lipinski definition) is 5. The molecule has 0 unspecified atom stereocenters. The summed E-state index contributed by atoms with van der Waals surface area (Å²) in [5, 5.41) is 0. The lowest BCUT2D eigenvalue weighted by Gasteiger charge is -2.40. The zero-order chi connectivity index (χ0) is 21.4. The minimum atomic E-state index is 0.452. The van der Waals surface area contributed by atoms with Crippen LogP contribution in [0, 0.1) is 0 Å². The fourth-order valence-corrected chi connectivity index (χ4v) is 3.72. The molecular formula is C23H51N3O2. The van der Waals surface area contributed by atoms with E-state index >= 15 is 0 Å². The second-order valence-electron chi connectivity index (χ2n) is 7.27. The van der Waals surface area contributed by atoms with E-state index in [0.717, 1.165) is 12.8 Å². The minimum absolute atomic E-state index is 0.452. The second kappa shape index (κ2) is 17.6. The van der Waals surface area contributed by atoms with Crippen molar-refractivity contribution in [3.63, 3.8) is 0 Å². The first kappa shape index (κ1) is 27.8. The quantitative estimate of drug-likeness (QED) is 0.671. The molecule has 0 radical (unpaired) electrons. The number of likely N-dealkylation sites (tertiary alicyclic amines) is 1. The van der Waals surface area contributed by atoms with Crippen molar-refractivity contribution < 1.29 is 9.47 Å². The molecule has 0 aromatic rings. The molecule has 28 heavy (non-hydrogen) atoms. The largest absolute Gasteiger partial charge is 0.381 e. The Balaban J connectivity index is 0.00000111. The summed E-state index contributed by atoms with van der Waals surface area (Å²) in [6.07, 6.45) is 6.01. The van der Waals surface area contributed by atoms with Crippen molar-refractivity contribution in [3.05, 3.63) is 0 Å². The van der Waals surface area contributed by atoms with Crippen LogP contribution >= 0.6 is 0 Å². The number of hydrogen-bond donors (Lipinski definition) is 0. The van der Waals surface area contributed by atoms with Gasteiger partial charge in [-0.05, 0) is 32.7 Å². The average molecular weight is 402 g/mol. The van der Waals surface area contributed by atoms with Crippen molar-refractivity contribution in [1.82, 2.24) is 14.7 Å². The van der Waals surface area contributed by atoms with Crippen LogP contribution in [0.3, 0.4) is 0 Å². The van der Waals surface area contributed by atoms with Gasteiger partial charge in [0.25, 0.3) is 0 Å². The Bertz CT molecular complexity index is 322. The van der Waals surface area contributed by atoms with Crippen molar-refractivity contribution in [2.75, 3.05) is 66.5 Å². The lowest BCUT2D eigenvalue weighted by molar-refractivity contribution is -0.126. The Morgan fingerprint density at radius 2 is 1.11 bits per heavy atom. The van der Waals surface area contributed by atoms with E-state index < -0.39 is 0 Å². The molecule has 2 aliphatic heterocycles. The molecule has 0 N–H and O–H groups in total. The van der Waals surface area contributed by atoms with Gasteiger partial charge in [0.05, 0.1) is 18.3 Å². The van der Waals surface area contributed by atoms with E-state index in [1.54, 1.807) is 7.11 Å². The normalized spacial score (nSPS) is 26.6. The van der Waals surface area contributed by atoms with Crippen molar-refractivity contribution in [2.45, 2.75) is 85.5 Å². The van der Waals surface area contributed by atoms with Gasteiger partial charge in [0.15, 0.2) is 0 Å². The highest BCUT2D eigenvalue weighted by Crippen LogP contribution is 2.28. The average Bonchev–Trinajstić information content (AvgIpc) is 2.75. The third-order valence-corrected chi connectivity index (χ3v) is 5.63. The first-order chi connectivity index (χ1) is 13.7. The van der Waals surface area contributed by atoms with E-state index in [2.05, 4.69) is 21.7 Å². The number of methoxy groups -OCH3 is 1. The zero-order valence-corrected chi connectivity index (χ0v) is 20.4. The lowest BCUT2D eigenvalue weighted by atomic mass is 9.91. The molecule has 0 aromatic carbocycles. The summed E-state index contributed by atoms with van der Waals surface area (Å²) in [7, 11) is 4.03. The summed E-state index contributed by atoms with van der Waals surface area (Å²) < 4.78 is 11.5. The van der Waals surface area contributed by atoms with Gasteiger partial charge < -0.3 is 19.3 Å². The highest BCUT2D eigenvalue weighted by atomic mass is 16.5. The molecule has 3 fully saturated rings. The molecule has 0 spiro atoms. The minimum Gasteiger partial charge on any atom is -0.381 e. The molecule has 2 saturated heterocycles. The molecule has 1 aliphatic carbocycles. The predicted molar refractivity (Wildman–Crippen MR) is 122 cm³/mol. The van der Waals surface area contributed by atoms with Crippen molar-refractivity contribution in [2.24, 2.45) is 0 Å². The lowest BCUT2D eigenvalue weighted by Crippen LogP contribution is -2.48. The van der Waals surface area contributed by atoms with E-state index in [1.165, 1.54) is 65.2 Å². The van der Waals surface area contributed by atoms with Crippen LogP contribution in [0.2, 0.25) is 0 Å².